The molecular formula is C19H28N4O2. The Kier molecular flexibility index (Phi) is 5.72. The number of benzene rings is 1. The number of aliphatic imine (C=N–C) groups is 1. The number of ether oxygens (including phenoxy) is 1. The number of nitrogens with two attached hydrogens (primary N) is 2. The van der Waals surface area contributed by atoms with Crippen LogP contribution in [0.4, 0.5) is 0 Å². The summed E-state index contributed by atoms with van der Waals surface area (Å²) >= 11 is 0. The molecule has 6 heteroatoms. The number of carbonyl (C=O) groups excluding carboxylic acids is 1. The van der Waals surface area contributed by atoms with Crippen LogP contribution in [0.15, 0.2) is 29.8 Å². The molecule has 0 saturated heterocycles. The molecule has 1 heterocycles. The zero-order valence-corrected chi connectivity index (χ0v) is 15.3. The van der Waals surface area contributed by atoms with Gasteiger partial charge >= 0.3 is 0 Å². The Morgan fingerprint density at radius 1 is 1.36 bits per heavy atom. The van der Waals surface area contributed by atoms with E-state index in [1.54, 1.807) is 0 Å². The topological polar surface area (TPSA) is 93.9 Å². The highest BCUT2D eigenvalue weighted by molar-refractivity contribution is 5.99. The van der Waals surface area contributed by atoms with Crippen molar-refractivity contribution in [2.24, 2.45) is 16.5 Å². The molecule has 4 N–H and O–H groups in total. The average molecular weight is 344 g/mol. The molecule has 1 aromatic carbocycles. The zero-order chi connectivity index (χ0) is 18.6. The van der Waals surface area contributed by atoms with Gasteiger partial charge in [-0.1, -0.05) is 20.4 Å². The van der Waals surface area contributed by atoms with Crippen molar-refractivity contribution in [3.8, 4) is 5.75 Å². The maximum absolute atomic E-state index is 12.7. The molecule has 0 spiro atoms. The molecule has 1 amide bonds. The lowest BCUT2D eigenvalue weighted by molar-refractivity contribution is -0.130. The van der Waals surface area contributed by atoms with E-state index in [1.165, 1.54) is 4.90 Å². The van der Waals surface area contributed by atoms with Crippen LogP contribution in [0.1, 0.15) is 51.2 Å². The van der Waals surface area contributed by atoms with Crippen LogP contribution in [-0.2, 0) is 11.3 Å². The summed E-state index contributed by atoms with van der Waals surface area (Å²) < 4.78 is 5.68. The fourth-order valence-electron chi connectivity index (χ4n) is 3.04. The Morgan fingerprint density at radius 2 is 2.04 bits per heavy atom. The normalized spacial score (nSPS) is 16.5. The third kappa shape index (κ3) is 3.95. The number of rotatable bonds is 7. The third-order valence-corrected chi connectivity index (χ3v) is 4.79. The van der Waals surface area contributed by atoms with Gasteiger partial charge in [-0.05, 0) is 43.5 Å². The van der Waals surface area contributed by atoms with Crippen molar-refractivity contribution >= 4 is 17.6 Å². The SMILES string of the molecule is C=C(N)c1ccc(OCC)c(CN2C(=O)CC(CC)(CC)N=C2N)c1. The van der Waals surface area contributed by atoms with Gasteiger partial charge in [0.05, 0.1) is 25.1 Å². The Labute approximate surface area is 149 Å². The van der Waals surface area contributed by atoms with Crippen molar-refractivity contribution in [2.75, 3.05) is 6.61 Å². The molecule has 2 rings (SSSR count). The van der Waals surface area contributed by atoms with Crippen LogP contribution in [0.2, 0.25) is 0 Å². The number of carbonyl (C=O) groups is 1. The molecule has 0 aliphatic carbocycles. The highest BCUT2D eigenvalue weighted by Crippen LogP contribution is 2.31. The van der Waals surface area contributed by atoms with Crippen molar-refractivity contribution in [1.82, 2.24) is 4.90 Å². The van der Waals surface area contributed by atoms with Crippen LogP contribution >= 0.6 is 0 Å². The van der Waals surface area contributed by atoms with Gasteiger partial charge in [0.1, 0.15) is 5.75 Å². The quantitative estimate of drug-likeness (QED) is 0.795. The summed E-state index contributed by atoms with van der Waals surface area (Å²) in [5.41, 5.74) is 13.7. The van der Waals surface area contributed by atoms with Crippen molar-refractivity contribution in [1.29, 1.82) is 0 Å². The summed E-state index contributed by atoms with van der Waals surface area (Å²) in [6.07, 6.45) is 1.95. The van der Waals surface area contributed by atoms with Gasteiger partial charge in [-0.25, -0.2) is 4.99 Å². The molecule has 0 saturated carbocycles. The smallest absolute Gasteiger partial charge is 0.232 e. The van der Waals surface area contributed by atoms with Gasteiger partial charge in [0.2, 0.25) is 5.91 Å². The average Bonchev–Trinajstić information content (AvgIpc) is 2.59. The minimum atomic E-state index is -0.381. The summed E-state index contributed by atoms with van der Waals surface area (Å²) in [5, 5.41) is 0. The molecule has 0 aromatic heterocycles. The first-order chi connectivity index (χ1) is 11.9. The summed E-state index contributed by atoms with van der Waals surface area (Å²) in [6, 6.07) is 5.58. The molecule has 0 bridgehead atoms. The first-order valence-electron chi connectivity index (χ1n) is 8.72. The monoisotopic (exact) mass is 344 g/mol. The Morgan fingerprint density at radius 3 is 2.56 bits per heavy atom. The Hall–Kier alpha value is -2.50. The summed E-state index contributed by atoms with van der Waals surface area (Å²) in [5.74, 6) is 0.950. The minimum Gasteiger partial charge on any atom is -0.494 e. The molecule has 6 nitrogen and oxygen atoms in total. The number of nitrogens with zero attached hydrogens (tertiary/aromatic N) is 2. The van der Waals surface area contributed by atoms with Crippen LogP contribution in [0, 0.1) is 0 Å². The molecule has 1 aromatic rings. The minimum absolute atomic E-state index is 0.0179. The standard InChI is InChI=1S/C19H28N4O2/c1-5-19(6-2)11-17(24)23(18(21)22-19)12-15-10-14(13(4)20)8-9-16(15)25-7-3/h8-10H,4-7,11-12,20H2,1-3H3,(H2,21,22). The van der Waals surface area contributed by atoms with E-state index in [0.29, 0.717) is 31.0 Å². The molecule has 0 atom stereocenters. The summed E-state index contributed by atoms with van der Waals surface area (Å²) in [7, 11) is 0. The maximum atomic E-state index is 12.7. The lowest BCUT2D eigenvalue weighted by Gasteiger charge is -2.36. The molecule has 0 fully saturated rings. The molecule has 0 unspecified atom stereocenters. The van der Waals surface area contributed by atoms with Crippen molar-refractivity contribution in [3.63, 3.8) is 0 Å². The van der Waals surface area contributed by atoms with E-state index >= 15 is 0 Å². The van der Waals surface area contributed by atoms with Crippen molar-refractivity contribution < 1.29 is 9.53 Å². The zero-order valence-electron chi connectivity index (χ0n) is 15.3. The predicted octanol–water partition coefficient (Wildman–Crippen LogP) is 2.62. The van der Waals surface area contributed by atoms with Crippen LogP contribution in [0.5, 0.6) is 5.75 Å². The van der Waals surface area contributed by atoms with E-state index in [-0.39, 0.29) is 17.4 Å². The molecule has 1 aliphatic rings. The maximum Gasteiger partial charge on any atom is 0.232 e. The first kappa shape index (κ1) is 18.8. The summed E-state index contributed by atoms with van der Waals surface area (Å²) in [4.78, 5) is 18.9. The van der Waals surface area contributed by atoms with E-state index in [9.17, 15) is 4.79 Å². The predicted molar refractivity (Wildman–Crippen MR) is 101 cm³/mol. The second-order valence-electron chi connectivity index (χ2n) is 6.34. The molecule has 136 valence electrons. The molecular weight excluding hydrogens is 316 g/mol. The number of hydrogen-bond donors (Lipinski definition) is 2. The number of guanidine groups is 1. The first-order valence-corrected chi connectivity index (χ1v) is 8.72. The van der Waals surface area contributed by atoms with Gasteiger partial charge in [0.15, 0.2) is 5.96 Å². The fourth-order valence-corrected chi connectivity index (χ4v) is 3.04. The van der Waals surface area contributed by atoms with Gasteiger partial charge in [-0.3, -0.25) is 9.69 Å². The van der Waals surface area contributed by atoms with Gasteiger partial charge in [-0.15, -0.1) is 0 Å². The van der Waals surface area contributed by atoms with Crippen molar-refractivity contribution in [3.05, 3.63) is 35.9 Å². The molecule has 0 radical (unpaired) electrons. The van der Waals surface area contributed by atoms with E-state index in [2.05, 4.69) is 11.6 Å². The Balaban J connectivity index is 2.36. The second-order valence-corrected chi connectivity index (χ2v) is 6.34. The highest BCUT2D eigenvalue weighted by Gasteiger charge is 2.37. The molecule has 25 heavy (non-hydrogen) atoms. The lowest BCUT2D eigenvalue weighted by atomic mass is 9.88. The van der Waals surface area contributed by atoms with E-state index < -0.39 is 0 Å². The van der Waals surface area contributed by atoms with E-state index in [1.807, 2.05) is 39.0 Å². The Bertz CT molecular complexity index is 693. The van der Waals surface area contributed by atoms with E-state index in [0.717, 1.165) is 24.0 Å². The van der Waals surface area contributed by atoms with E-state index in [4.69, 9.17) is 16.2 Å². The second kappa shape index (κ2) is 7.59. The van der Waals surface area contributed by atoms with Crippen molar-refractivity contribution in [2.45, 2.75) is 52.1 Å². The van der Waals surface area contributed by atoms with Gasteiger partial charge in [0.25, 0.3) is 0 Å². The highest BCUT2D eigenvalue weighted by atomic mass is 16.5. The number of amides is 1. The van der Waals surface area contributed by atoms with Crippen LogP contribution in [-0.4, -0.2) is 28.9 Å². The van der Waals surface area contributed by atoms with Gasteiger partial charge < -0.3 is 16.2 Å². The fraction of sp³-hybridized carbons (Fsp3) is 0.474. The third-order valence-electron chi connectivity index (χ3n) is 4.79. The van der Waals surface area contributed by atoms with Crippen LogP contribution in [0.25, 0.3) is 5.70 Å². The van der Waals surface area contributed by atoms with Crippen LogP contribution in [0.3, 0.4) is 0 Å². The van der Waals surface area contributed by atoms with Crippen LogP contribution < -0.4 is 16.2 Å². The molecule has 1 aliphatic heterocycles. The summed E-state index contributed by atoms with van der Waals surface area (Å²) in [6.45, 7) is 10.6. The van der Waals surface area contributed by atoms with Gasteiger partial charge in [-0.2, -0.15) is 0 Å². The lowest BCUT2D eigenvalue weighted by Crippen LogP contribution is -2.50. The van der Waals surface area contributed by atoms with Gasteiger partial charge in [0, 0.05) is 11.3 Å². The largest absolute Gasteiger partial charge is 0.494 e. The number of hydrogen-bond acceptors (Lipinski definition) is 5.